The fourth-order valence-electron chi connectivity index (χ4n) is 7.46. The Labute approximate surface area is 259 Å². The van der Waals surface area contributed by atoms with Crippen LogP contribution in [0.4, 0.5) is 13.2 Å². The Balaban J connectivity index is 1.19. The molecular weight excluding hydrogens is 541 g/mol. The standard InChI is InChI=1S/C39H55F3O/c1-3-5-7-8-10-12-31-13-19-33(20-14-31)34-21-17-32(18-22-34)27-28-43-39(41,42)37-26-25-36(29-38(37)40)35-23-15-30(16-24-35)11-9-6-4-2/h4,6,17-18,21-22,25-26,29-31,33,35H,3,5,7-16,19-20,23-24,27-28H2,1-2H3. The molecule has 4 heteroatoms. The van der Waals surface area contributed by atoms with Crippen molar-refractivity contribution >= 4 is 0 Å². The summed E-state index contributed by atoms with van der Waals surface area (Å²) in [5.41, 5.74) is 2.50. The molecule has 0 bridgehead atoms. The van der Waals surface area contributed by atoms with Gasteiger partial charge in [0.1, 0.15) is 5.82 Å². The fourth-order valence-corrected chi connectivity index (χ4v) is 7.46. The molecule has 0 atom stereocenters. The van der Waals surface area contributed by atoms with E-state index in [1.165, 1.54) is 88.3 Å². The number of unbranched alkanes of at least 4 members (excludes halogenated alkanes) is 4. The Morgan fingerprint density at radius 3 is 2.00 bits per heavy atom. The molecule has 2 saturated carbocycles. The highest BCUT2D eigenvalue weighted by molar-refractivity contribution is 5.29. The predicted molar refractivity (Wildman–Crippen MR) is 173 cm³/mol. The number of hydrogen-bond donors (Lipinski definition) is 0. The second-order valence-corrected chi connectivity index (χ2v) is 13.4. The maximum atomic E-state index is 14.9. The van der Waals surface area contributed by atoms with Gasteiger partial charge >= 0.3 is 6.11 Å². The minimum atomic E-state index is -3.65. The fraction of sp³-hybridized carbons (Fsp3) is 0.641. The van der Waals surface area contributed by atoms with E-state index in [1.807, 2.05) is 19.1 Å². The van der Waals surface area contributed by atoms with Gasteiger partial charge in [0.05, 0.1) is 12.2 Å². The number of alkyl halides is 2. The SMILES string of the molecule is CC=CCCC1CCC(c2ccc(C(F)(F)OCCc3ccc(C4CCC(CCCCCCC)CC4)cc3)c(F)c2)CC1. The van der Waals surface area contributed by atoms with Crippen molar-refractivity contribution in [1.82, 2.24) is 0 Å². The number of ether oxygens (including phenoxy) is 1. The van der Waals surface area contributed by atoms with Crippen molar-refractivity contribution in [1.29, 1.82) is 0 Å². The summed E-state index contributed by atoms with van der Waals surface area (Å²) in [6.45, 7) is 4.15. The minimum absolute atomic E-state index is 0.159. The van der Waals surface area contributed by atoms with Gasteiger partial charge in [-0.2, -0.15) is 8.78 Å². The maximum Gasteiger partial charge on any atom is 0.386 e. The molecule has 2 fully saturated rings. The van der Waals surface area contributed by atoms with E-state index < -0.39 is 17.5 Å². The number of halogens is 3. The van der Waals surface area contributed by atoms with E-state index in [9.17, 15) is 13.2 Å². The van der Waals surface area contributed by atoms with Crippen molar-refractivity contribution in [2.75, 3.05) is 6.61 Å². The summed E-state index contributed by atoms with van der Waals surface area (Å²) in [5, 5.41) is 0. The largest absolute Gasteiger partial charge is 0.386 e. The molecule has 0 spiro atoms. The van der Waals surface area contributed by atoms with Crippen LogP contribution in [0.2, 0.25) is 0 Å². The topological polar surface area (TPSA) is 9.23 Å². The average molecular weight is 597 g/mol. The van der Waals surface area contributed by atoms with Crippen LogP contribution in [0, 0.1) is 17.7 Å². The molecule has 43 heavy (non-hydrogen) atoms. The van der Waals surface area contributed by atoms with Gasteiger partial charge in [0, 0.05) is 0 Å². The van der Waals surface area contributed by atoms with E-state index in [0.717, 1.165) is 49.1 Å². The van der Waals surface area contributed by atoms with E-state index in [4.69, 9.17) is 4.74 Å². The van der Waals surface area contributed by atoms with Crippen LogP contribution in [-0.2, 0) is 17.3 Å². The summed E-state index contributed by atoms with van der Waals surface area (Å²) in [7, 11) is 0. The molecule has 4 rings (SSSR count). The predicted octanol–water partition coefficient (Wildman–Crippen LogP) is 12.4. The smallest absolute Gasteiger partial charge is 0.316 e. The highest BCUT2D eigenvalue weighted by atomic mass is 19.3. The summed E-state index contributed by atoms with van der Waals surface area (Å²) in [6.07, 6.45) is 20.9. The van der Waals surface area contributed by atoms with Gasteiger partial charge in [0.25, 0.3) is 0 Å². The zero-order chi connectivity index (χ0) is 30.5. The first-order chi connectivity index (χ1) is 20.9. The van der Waals surface area contributed by atoms with Gasteiger partial charge in [-0.15, -0.1) is 0 Å². The van der Waals surface area contributed by atoms with Crippen molar-refractivity contribution < 1.29 is 17.9 Å². The van der Waals surface area contributed by atoms with Crippen molar-refractivity contribution in [3.05, 3.63) is 82.7 Å². The zero-order valence-corrected chi connectivity index (χ0v) is 26.8. The number of benzene rings is 2. The van der Waals surface area contributed by atoms with Gasteiger partial charge in [0.2, 0.25) is 0 Å². The summed E-state index contributed by atoms with van der Waals surface area (Å²) in [5.74, 6) is 1.58. The molecule has 0 radical (unpaired) electrons. The summed E-state index contributed by atoms with van der Waals surface area (Å²) in [6, 6.07) is 12.6. The van der Waals surface area contributed by atoms with Gasteiger partial charge in [-0.1, -0.05) is 87.9 Å². The molecule has 0 N–H and O–H groups in total. The maximum absolute atomic E-state index is 14.9. The van der Waals surface area contributed by atoms with Gasteiger partial charge in [-0.25, -0.2) is 4.39 Å². The molecule has 0 amide bonds. The Kier molecular flexibility index (Phi) is 13.7. The van der Waals surface area contributed by atoms with E-state index in [-0.39, 0.29) is 12.5 Å². The molecule has 0 unspecified atom stereocenters. The molecule has 0 heterocycles. The number of hydrogen-bond acceptors (Lipinski definition) is 1. The second kappa shape index (κ2) is 17.4. The summed E-state index contributed by atoms with van der Waals surface area (Å²) < 4.78 is 49.7. The lowest BCUT2D eigenvalue weighted by Gasteiger charge is -2.29. The van der Waals surface area contributed by atoms with Gasteiger partial charge in [0.15, 0.2) is 0 Å². The molecule has 2 aromatic carbocycles. The molecule has 2 aliphatic carbocycles. The van der Waals surface area contributed by atoms with Crippen LogP contribution >= 0.6 is 0 Å². The quantitative estimate of drug-likeness (QED) is 0.138. The van der Waals surface area contributed by atoms with Crippen molar-refractivity contribution in [2.24, 2.45) is 11.8 Å². The average Bonchev–Trinajstić information content (AvgIpc) is 3.02. The molecule has 0 aromatic heterocycles. The molecule has 2 aromatic rings. The lowest BCUT2D eigenvalue weighted by molar-refractivity contribution is -0.249. The van der Waals surface area contributed by atoms with Crippen LogP contribution in [0.25, 0.3) is 0 Å². The monoisotopic (exact) mass is 596 g/mol. The third-order valence-electron chi connectivity index (χ3n) is 10.3. The van der Waals surface area contributed by atoms with Gasteiger partial charge in [-0.3, -0.25) is 0 Å². The highest BCUT2D eigenvalue weighted by Crippen LogP contribution is 2.40. The van der Waals surface area contributed by atoms with Crippen LogP contribution in [0.5, 0.6) is 0 Å². The summed E-state index contributed by atoms with van der Waals surface area (Å²) >= 11 is 0. The van der Waals surface area contributed by atoms with Crippen molar-refractivity contribution in [3.63, 3.8) is 0 Å². The normalized spacial score (nSPS) is 23.2. The van der Waals surface area contributed by atoms with E-state index in [0.29, 0.717) is 18.3 Å². The molecule has 0 aliphatic heterocycles. The van der Waals surface area contributed by atoms with Crippen LogP contribution in [0.3, 0.4) is 0 Å². The minimum Gasteiger partial charge on any atom is -0.316 e. The number of allylic oxidation sites excluding steroid dienone is 2. The van der Waals surface area contributed by atoms with E-state index in [2.05, 4.69) is 31.2 Å². The number of rotatable bonds is 16. The van der Waals surface area contributed by atoms with Crippen molar-refractivity contribution in [2.45, 2.75) is 141 Å². The first-order valence-electron chi connectivity index (χ1n) is 17.4. The Morgan fingerprint density at radius 2 is 1.37 bits per heavy atom. The zero-order valence-electron chi connectivity index (χ0n) is 26.8. The lowest BCUT2D eigenvalue weighted by Crippen LogP contribution is -2.22. The molecule has 238 valence electrons. The Hall–Kier alpha value is -2.07. The van der Waals surface area contributed by atoms with E-state index in [1.54, 1.807) is 6.07 Å². The third-order valence-corrected chi connectivity index (χ3v) is 10.3. The van der Waals surface area contributed by atoms with Crippen molar-refractivity contribution in [3.8, 4) is 0 Å². The second-order valence-electron chi connectivity index (χ2n) is 13.4. The van der Waals surface area contributed by atoms with E-state index >= 15 is 0 Å². The van der Waals surface area contributed by atoms with Crippen LogP contribution in [-0.4, -0.2) is 6.61 Å². The molecule has 1 nitrogen and oxygen atoms in total. The highest BCUT2D eigenvalue weighted by Gasteiger charge is 2.36. The Morgan fingerprint density at radius 1 is 0.767 bits per heavy atom. The molecule has 0 saturated heterocycles. The van der Waals surface area contributed by atoms with Gasteiger partial charge in [-0.05, 0) is 130 Å². The molecule has 2 aliphatic rings. The van der Waals surface area contributed by atoms with Crippen LogP contribution in [0.1, 0.15) is 151 Å². The van der Waals surface area contributed by atoms with Gasteiger partial charge < -0.3 is 4.74 Å². The lowest BCUT2D eigenvalue weighted by atomic mass is 9.77. The third kappa shape index (κ3) is 10.5. The van der Waals surface area contributed by atoms with Crippen LogP contribution in [0.15, 0.2) is 54.6 Å². The first-order valence-corrected chi connectivity index (χ1v) is 17.4. The first kappa shape index (κ1) is 33.8. The Bertz CT molecular complexity index is 1090. The van der Waals surface area contributed by atoms with Crippen LogP contribution < -0.4 is 0 Å². The molecular formula is C39H55F3O. The summed E-state index contributed by atoms with van der Waals surface area (Å²) in [4.78, 5) is 0.